The van der Waals surface area contributed by atoms with Crippen molar-refractivity contribution in [3.63, 3.8) is 0 Å². The molecule has 0 saturated heterocycles. The minimum atomic E-state index is -0.448. The third-order valence-corrected chi connectivity index (χ3v) is 4.26. The van der Waals surface area contributed by atoms with Crippen LogP contribution >= 0.6 is 11.8 Å². The first-order valence-electron chi connectivity index (χ1n) is 6.37. The lowest BCUT2D eigenvalue weighted by Crippen LogP contribution is -2.24. The SMILES string of the molecule is Cc1cc(F)c(N2Cc3ccccc3C2=O)cc1SC#N. The van der Waals surface area contributed by atoms with Crippen LogP contribution in [0.3, 0.4) is 0 Å². The van der Waals surface area contributed by atoms with Gasteiger partial charge in [0.05, 0.1) is 12.2 Å². The monoisotopic (exact) mass is 298 g/mol. The Labute approximate surface area is 126 Å². The first-order valence-corrected chi connectivity index (χ1v) is 7.19. The summed E-state index contributed by atoms with van der Waals surface area (Å²) >= 11 is 0.970. The third kappa shape index (κ3) is 2.28. The van der Waals surface area contributed by atoms with Crippen LogP contribution < -0.4 is 4.90 Å². The van der Waals surface area contributed by atoms with Gasteiger partial charge in [0.25, 0.3) is 5.91 Å². The Morgan fingerprint density at radius 2 is 2.10 bits per heavy atom. The fraction of sp³-hybridized carbons (Fsp3) is 0.125. The van der Waals surface area contributed by atoms with E-state index in [1.165, 1.54) is 11.0 Å². The van der Waals surface area contributed by atoms with E-state index in [0.29, 0.717) is 22.6 Å². The zero-order valence-electron chi connectivity index (χ0n) is 11.3. The highest BCUT2D eigenvalue weighted by Gasteiger charge is 2.30. The molecule has 1 heterocycles. The lowest BCUT2D eigenvalue weighted by molar-refractivity contribution is 0.0995. The molecule has 1 aliphatic rings. The number of anilines is 1. The molecule has 1 aliphatic heterocycles. The van der Waals surface area contributed by atoms with Gasteiger partial charge in [0.2, 0.25) is 0 Å². The zero-order valence-corrected chi connectivity index (χ0v) is 12.1. The van der Waals surface area contributed by atoms with E-state index in [4.69, 9.17) is 5.26 Å². The number of thioether (sulfide) groups is 1. The lowest BCUT2D eigenvalue weighted by Gasteiger charge is -2.18. The van der Waals surface area contributed by atoms with E-state index < -0.39 is 5.82 Å². The van der Waals surface area contributed by atoms with Crippen LogP contribution in [0.1, 0.15) is 21.5 Å². The first-order chi connectivity index (χ1) is 10.1. The van der Waals surface area contributed by atoms with Crippen molar-refractivity contribution in [2.45, 2.75) is 18.4 Å². The van der Waals surface area contributed by atoms with Gasteiger partial charge in [0, 0.05) is 10.5 Å². The molecule has 21 heavy (non-hydrogen) atoms. The number of nitrogens with zero attached hydrogens (tertiary/aromatic N) is 2. The van der Waals surface area contributed by atoms with Gasteiger partial charge in [-0.1, -0.05) is 18.2 Å². The van der Waals surface area contributed by atoms with Crippen molar-refractivity contribution in [2.75, 3.05) is 4.90 Å². The second-order valence-corrected chi connectivity index (χ2v) is 5.64. The number of hydrogen-bond acceptors (Lipinski definition) is 3. The number of benzene rings is 2. The van der Waals surface area contributed by atoms with Gasteiger partial charge in [0.1, 0.15) is 11.2 Å². The van der Waals surface area contributed by atoms with E-state index in [1.807, 2.05) is 17.5 Å². The second kappa shape index (κ2) is 5.23. The summed E-state index contributed by atoms with van der Waals surface area (Å²) in [6, 6.07) is 10.2. The molecular formula is C16H11FN2OS. The van der Waals surface area contributed by atoms with Gasteiger partial charge in [-0.3, -0.25) is 4.79 Å². The Morgan fingerprint density at radius 3 is 2.81 bits per heavy atom. The Balaban J connectivity index is 2.05. The van der Waals surface area contributed by atoms with E-state index in [1.54, 1.807) is 25.1 Å². The van der Waals surface area contributed by atoms with E-state index in [9.17, 15) is 9.18 Å². The van der Waals surface area contributed by atoms with Crippen LogP contribution in [-0.4, -0.2) is 5.91 Å². The largest absolute Gasteiger partial charge is 0.301 e. The zero-order chi connectivity index (χ0) is 15.0. The van der Waals surface area contributed by atoms with E-state index in [2.05, 4.69) is 0 Å². The van der Waals surface area contributed by atoms with Crippen LogP contribution in [0.25, 0.3) is 0 Å². The molecule has 104 valence electrons. The molecule has 0 aromatic heterocycles. The topological polar surface area (TPSA) is 44.1 Å². The summed E-state index contributed by atoms with van der Waals surface area (Å²) in [5, 5.41) is 10.8. The fourth-order valence-electron chi connectivity index (χ4n) is 2.46. The Bertz CT molecular complexity index is 782. The molecule has 1 amide bonds. The minimum absolute atomic E-state index is 0.207. The summed E-state index contributed by atoms with van der Waals surface area (Å²) in [5.41, 5.74) is 2.40. The molecular weight excluding hydrogens is 287 g/mol. The predicted octanol–water partition coefficient (Wildman–Crippen LogP) is 3.87. The highest BCUT2D eigenvalue weighted by Crippen LogP contribution is 2.34. The van der Waals surface area contributed by atoms with Crippen LogP contribution in [-0.2, 0) is 6.54 Å². The number of amides is 1. The van der Waals surface area contributed by atoms with Crippen molar-refractivity contribution in [3.8, 4) is 5.40 Å². The molecule has 0 aliphatic carbocycles. The number of carbonyl (C=O) groups is 1. The van der Waals surface area contributed by atoms with Gasteiger partial charge in [-0.25, -0.2) is 4.39 Å². The van der Waals surface area contributed by atoms with Crippen molar-refractivity contribution >= 4 is 23.4 Å². The highest BCUT2D eigenvalue weighted by molar-refractivity contribution is 8.03. The maximum Gasteiger partial charge on any atom is 0.259 e. The quantitative estimate of drug-likeness (QED) is 0.624. The van der Waals surface area contributed by atoms with Gasteiger partial charge >= 0.3 is 0 Å². The number of thiocyanates is 1. The molecule has 0 N–H and O–H groups in total. The summed E-state index contributed by atoms with van der Waals surface area (Å²) in [6.45, 7) is 2.10. The molecule has 0 unspecified atom stereocenters. The summed E-state index contributed by atoms with van der Waals surface area (Å²) in [7, 11) is 0. The number of hydrogen-bond donors (Lipinski definition) is 0. The van der Waals surface area contributed by atoms with Gasteiger partial charge in [-0.2, -0.15) is 5.26 Å². The standard InChI is InChI=1S/C16H11FN2OS/c1-10-6-13(17)14(7-15(10)21-9-18)19-8-11-4-2-3-5-12(11)16(19)20/h2-7H,8H2,1H3. The number of nitriles is 1. The molecule has 3 rings (SSSR count). The van der Waals surface area contributed by atoms with E-state index >= 15 is 0 Å². The molecule has 0 atom stereocenters. The Hall–Kier alpha value is -2.32. The average molecular weight is 298 g/mol. The normalized spacial score (nSPS) is 13.2. The lowest BCUT2D eigenvalue weighted by atomic mass is 10.1. The van der Waals surface area contributed by atoms with Crippen molar-refractivity contribution < 1.29 is 9.18 Å². The van der Waals surface area contributed by atoms with Crippen LogP contribution in [0.5, 0.6) is 0 Å². The summed E-state index contributed by atoms with van der Waals surface area (Å²) in [4.78, 5) is 14.5. The maximum absolute atomic E-state index is 14.2. The molecule has 5 heteroatoms. The number of fused-ring (bicyclic) bond motifs is 1. The molecule has 0 bridgehead atoms. The molecule has 0 saturated carbocycles. The van der Waals surface area contributed by atoms with Gasteiger partial charge < -0.3 is 4.90 Å². The molecule has 0 radical (unpaired) electrons. The van der Waals surface area contributed by atoms with Crippen molar-refractivity contribution in [3.05, 3.63) is 58.9 Å². The predicted molar refractivity (Wildman–Crippen MR) is 79.6 cm³/mol. The van der Waals surface area contributed by atoms with Crippen LogP contribution in [0, 0.1) is 23.4 Å². The highest BCUT2D eigenvalue weighted by atomic mass is 32.2. The van der Waals surface area contributed by atoms with Gasteiger partial charge in [-0.05, 0) is 48.0 Å². The summed E-state index contributed by atoms with van der Waals surface area (Å²) in [5.74, 6) is -0.655. The number of rotatable bonds is 2. The fourth-order valence-corrected chi connectivity index (χ4v) is 2.95. The molecule has 2 aromatic carbocycles. The summed E-state index contributed by atoms with van der Waals surface area (Å²) in [6.07, 6.45) is 0. The number of halogens is 1. The van der Waals surface area contributed by atoms with Crippen molar-refractivity contribution in [1.82, 2.24) is 0 Å². The Morgan fingerprint density at radius 1 is 1.33 bits per heavy atom. The van der Waals surface area contributed by atoms with Crippen molar-refractivity contribution in [1.29, 1.82) is 5.26 Å². The van der Waals surface area contributed by atoms with E-state index in [0.717, 1.165) is 17.3 Å². The molecule has 2 aromatic rings. The van der Waals surface area contributed by atoms with Crippen LogP contribution in [0.2, 0.25) is 0 Å². The number of carbonyl (C=O) groups excluding carboxylic acids is 1. The first kappa shape index (κ1) is 13.7. The second-order valence-electron chi connectivity index (χ2n) is 4.81. The molecule has 3 nitrogen and oxygen atoms in total. The minimum Gasteiger partial charge on any atom is -0.301 e. The maximum atomic E-state index is 14.2. The van der Waals surface area contributed by atoms with Crippen molar-refractivity contribution in [2.24, 2.45) is 0 Å². The van der Waals surface area contributed by atoms with E-state index in [-0.39, 0.29) is 11.6 Å². The smallest absolute Gasteiger partial charge is 0.259 e. The Kier molecular flexibility index (Phi) is 3.40. The van der Waals surface area contributed by atoms with Crippen LogP contribution in [0.4, 0.5) is 10.1 Å². The van der Waals surface area contributed by atoms with Gasteiger partial charge in [-0.15, -0.1) is 0 Å². The molecule has 0 fully saturated rings. The average Bonchev–Trinajstić information content (AvgIpc) is 2.80. The number of aryl methyl sites for hydroxylation is 1. The van der Waals surface area contributed by atoms with Gasteiger partial charge in [0.15, 0.2) is 0 Å². The van der Waals surface area contributed by atoms with Crippen LogP contribution in [0.15, 0.2) is 41.3 Å². The summed E-state index contributed by atoms with van der Waals surface area (Å²) < 4.78 is 14.2. The molecule has 0 spiro atoms. The third-order valence-electron chi connectivity index (χ3n) is 3.51.